The average molecular weight is 214 g/mol. The molecule has 2 N–H and O–H groups in total. The number of carbonyl (C=O) groups is 1. The lowest BCUT2D eigenvalue weighted by atomic mass is 10.1. The molecule has 1 heterocycles. The largest absolute Gasteiger partial charge is 0.444 e. The third-order valence-electron chi connectivity index (χ3n) is 3.04. The van der Waals surface area contributed by atoms with E-state index in [9.17, 15) is 4.79 Å². The van der Waals surface area contributed by atoms with Crippen LogP contribution >= 0.6 is 0 Å². The average Bonchev–Trinajstić information content (AvgIpc) is 2.51. The van der Waals surface area contributed by atoms with E-state index in [1.165, 1.54) is 0 Å². The Morgan fingerprint density at radius 3 is 2.67 bits per heavy atom. The molecule has 1 rings (SSSR count). The van der Waals surface area contributed by atoms with Gasteiger partial charge in [-0.1, -0.05) is 13.8 Å². The molecule has 0 aromatic heterocycles. The van der Waals surface area contributed by atoms with Gasteiger partial charge in [0.05, 0.1) is 0 Å². The molecule has 0 saturated carbocycles. The Morgan fingerprint density at radius 2 is 2.20 bits per heavy atom. The van der Waals surface area contributed by atoms with E-state index in [0.717, 1.165) is 19.5 Å². The molecule has 0 bridgehead atoms. The monoisotopic (exact) mass is 214 g/mol. The van der Waals surface area contributed by atoms with Crippen LogP contribution in [0.15, 0.2) is 0 Å². The highest BCUT2D eigenvalue weighted by Crippen LogP contribution is 2.14. The molecular formula is C11H22N2O2. The highest BCUT2D eigenvalue weighted by molar-refractivity contribution is 5.68. The number of ether oxygens (including phenoxy) is 1. The summed E-state index contributed by atoms with van der Waals surface area (Å²) in [6, 6.07) is 0.199. The minimum atomic E-state index is -0.376. The Morgan fingerprint density at radius 1 is 1.53 bits per heavy atom. The Labute approximate surface area is 91.8 Å². The lowest BCUT2D eigenvalue weighted by Crippen LogP contribution is -2.43. The molecule has 2 unspecified atom stereocenters. The van der Waals surface area contributed by atoms with Gasteiger partial charge in [0.2, 0.25) is 0 Å². The van der Waals surface area contributed by atoms with Crippen molar-refractivity contribution in [1.29, 1.82) is 0 Å². The first kappa shape index (κ1) is 12.3. The minimum absolute atomic E-state index is 0.199. The lowest BCUT2D eigenvalue weighted by molar-refractivity contribution is 0.0339. The Hall–Kier alpha value is -0.770. The Bertz CT molecular complexity index is 229. The molecule has 1 aliphatic heterocycles. The summed E-state index contributed by atoms with van der Waals surface area (Å²) in [5.74, 6) is 0.474. The third kappa shape index (κ3) is 3.70. The molecule has 2 atom stereocenters. The highest BCUT2D eigenvalue weighted by atomic mass is 16.6. The van der Waals surface area contributed by atoms with E-state index in [2.05, 4.69) is 17.6 Å². The van der Waals surface area contributed by atoms with Crippen molar-refractivity contribution in [3.8, 4) is 0 Å². The summed E-state index contributed by atoms with van der Waals surface area (Å²) < 4.78 is 5.32. The fourth-order valence-electron chi connectivity index (χ4n) is 1.51. The highest BCUT2D eigenvalue weighted by Gasteiger charge is 2.27. The number of hydrogen-bond donors (Lipinski definition) is 2. The van der Waals surface area contributed by atoms with Crippen LogP contribution < -0.4 is 10.6 Å². The molecular weight excluding hydrogens is 192 g/mol. The Kier molecular flexibility index (Phi) is 3.97. The van der Waals surface area contributed by atoms with Gasteiger partial charge in [-0.25, -0.2) is 4.79 Å². The summed E-state index contributed by atoms with van der Waals surface area (Å²) in [5, 5.41) is 6.13. The minimum Gasteiger partial charge on any atom is -0.444 e. The van der Waals surface area contributed by atoms with Crippen LogP contribution in [0.1, 0.15) is 34.1 Å². The molecule has 0 aromatic carbocycles. The van der Waals surface area contributed by atoms with Crippen molar-refractivity contribution >= 4 is 6.09 Å². The van der Waals surface area contributed by atoms with Crippen LogP contribution in [0.2, 0.25) is 0 Å². The van der Waals surface area contributed by atoms with Gasteiger partial charge < -0.3 is 15.4 Å². The first-order valence-corrected chi connectivity index (χ1v) is 5.65. The zero-order valence-corrected chi connectivity index (χ0v) is 10.1. The zero-order valence-electron chi connectivity index (χ0n) is 10.1. The first-order chi connectivity index (χ1) is 6.94. The fraction of sp³-hybridized carbons (Fsp3) is 0.909. The van der Waals surface area contributed by atoms with Crippen LogP contribution in [-0.2, 0) is 4.74 Å². The molecule has 0 aliphatic carbocycles. The number of alkyl carbamates (subject to hydrolysis) is 1. The number of hydrogen-bond acceptors (Lipinski definition) is 3. The smallest absolute Gasteiger partial charge is 0.407 e. The van der Waals surface area contributed by atoms with Crippen LogP contribution in [0, 0.1) is 5.92 Å². The molecule has 1 amide bonds. The lowest BCUT2D eigenvalue weighted by Gasteiger charge is -2.25. The van der Waals surface area contributed by atoms with E-state index >= 15 is 0 Å². The predicted octanol–water partition coefficient (Wildman–Crippen LogP) is 1.51. The van der Waals surface area contributed by atoms with Crippen molar-refractivity contribution in [1.82, 2.24) is 10.6 Å². The maximum atomic E-state index is 11.6. The second-order valence-electron chi connectivity index (χ2n) is 4.89. The Balaban J connectivity index is 2.36. The summed E-state index contributed by atoms with van der Waals surface area (Å²) in [6.07, 6.45) is 0.515. The van der Waals surface area contributed by atoms with Gasteiger partial charge in [0.25, 0.3) is 0 Å². The topological polar surface area (TPSA) is 50.4 Å². The van der Waals surface area contributed by atoms with E-state index in [0.29, 0.717) is 5.92 Å². The van der Waals surface area contributed by atoms with E-state index < -0.39 is 0 Å². The van der Waals surface area contributed by atoms with Gasteiger partial charge in [-0.3, -0.25) is 0 Å². The predicted molar refractivity (Wildman–Crippen MR) is 59.8 cm³/mol. The SMILES string of the molecule is CCC(C)(C)OC(=O)NC1CNCC1C. The van der Waals surface area contributed by atoms with Crippen LogP contribution in [0.25, 0.3) is 0 Å². The summed E-state index contributed by atoms with van der Waals surface area (Å²) in [6.45, 7) is 9.76. The van der Waals surface area contributed by atoms with Gasteiger partial charge in [0, 0.05) is 12.6 Å². The van der Waals surface area contributed by atoms with Gasteiger partial charge in [0.15, 0.2) is 0 Å². The van der Waals surface area contributed by atoms with Gasteiger partial charge in [-0.2, -0.15) is 0 Å². The van der Waals surface area contributed by atoms with E-state index in [1.54, 1.807) is 0 Å². The molecule has 1 fully saturated rings. The second-order valence-corrected chi connectivity index (χ2v) is 4.89. The summed E-state index contributed by atoms with van der Waals surface area (Å²) in [5.41, 5.74) is -0.376. The van der Waals surface area contributed by atoms with Crippen LogP contribution in [0.3, 0.4) is 0 Å². The van der Waals surface area contributed by atoms with Crippen LogP contribution in [0.5, 0.6) is 0 Å². The molecule has 0 radical (unpaired) electrons. The van der Waals surface area contributed by atoms with Gasteiger partial charge in [-0.05, 0) is 32.7 Å². The molecule has 0 aromatic rings. The molecule has 4 heteroatoms. The molecule has 1 aliphatic rings. The van der Waals surface area contributed by atoms with Gasteiger partial charge >= 0.3 is 6.09 Å². The van der Waals surface area contributed by atoms with E-state index in [-0.39, 0.29) is 17.7 Å². The summed E-state index contributed by atoms with van der Waals surface area (Å²) in [4.78, 5) is 11.6. The number of nitrogens with one attached hydrogen (secondary N) is 2. The molecule has 88 valence electrons. The molecule has 4 nitrogen and oxygen atoms in total. The summed E-state index contributed by atoms with van der Waals surface area (Å²) in [7, 11) is 0. The third-order valence-corrected chi connectivity index (χ3v) is 3.04. The fourth-order valence-corrected chi connectivity index (χ4v) is 1.51. The number of rotatable bonds is 3. The maximum absolute atomic E-state index is 11.6. The first-order valence-electron chi connectivity index (χ1n) is 5.65. The summed E-state index contributed by atoms with van der Waals surface area (Å²) >= 11 is 0. The number of amides is 1. The normalized spacial score (nSPS) is 26.4. The van der Waals surface area contributed by atoms with E-state index in [4.69, 9.17) is 4.74 Å². The van der Waals surface area contributed by atoms with Crippen molar-refractivity contribution in [2.24, 2.45) is 5.92 Å². The van der Waals surface area contributed by atoms with Gasteiger partial charge in [-0.15, -0.1) is 0 Å². The van der Waals surface area contributed by atoms with Crippen molar-refractivity contribution in [3.05, 3.63) is 0 Å². The van der Waals surface area contributed by atoms with Gasteiger partial charge in [0.1, 0.15) is 5.60 Å². The molecule has 1 saturated heterocycles. The second kappa shape index (κ2) is 4.84. The van der Waals surface area contributed by atoms with Crippen LogP contribution in [0.4, 0.5) is 4.79 Å². The number of carbonyl (C=O) groups excluding carboxylic acids is 1. The van der Waals surface area contributed by atoms with Crippen molar-refractivity contribution < 1.29 is 9.53 Å². The van der Waals surface area contributed by atoms with Crippen molar-refractivity contribution in [2.75, 3.05) is 13.1 Å². The molecule has 0 spiro atoms. The maximum Gasteiger partial charge on any atom is 0.407 e. The van der Waals surface area contributed by atoms with E-state index in [1.807, 2.05) is 20.8 Å². The van der Waals surface area contributed by atoms with Crippen LogP contribution in [-0.4, -0.2) is 30.8 Å². The standard InChI is InChI=1S/C11H22N2O2/c1-5-11(3,4)15-10(14)13-9-7-12-6-8(9)2/h8-9,12H,5-7H2,1-4H3,(H,13,14). The van der Waals surface area contributed by atoms with Crippen molar-refractivity contribution in [2.45, 2.75) is 45.8 Å². The quantitative estimate of drug-likeness (QED) is 0.748. The van der Waals surface area contributed by atoms with Crippen molar-refractivity contribution in [3.63, 3.8) is 0 Å². The molecule has 15 heavy (non-hydrogen) atoms. The zero-order chi connectivity index (χ0) is 11.5.